The van der Waals surface area contributed by atoms with E-state index >= 15 is 0 Å². The van der Waals surface area contributed by atoms with Crippen molar-refractivity contribution in [2.75, 3.05) is 26.3 Å². The zero-order valence-electron chi connectivity index (χ0n) is 11.9. The fourth-order valence-corrected chi connectivity index (χ4v) is 3.98. The number of rotatable bonds is 6. The second-order valence-corrected chi connectivity index (χ2v) is 7.11. The molecular formula is C14H19F2NO3S. The normalized spacial score (nSPS) is 19.3. The fraction of sp³-hybridized carbons (Fsp3) is 0.571. The van der Waals surface area contributed by atoms with E-state index in [9.17, 15) is 17.2 Å². The second-order valence-electron chi connectivity index (χ2n) is 5.17. The summed E-state index contributed by atoms with van der Waals surface area (Å²) in [5.41, 5.74) is 0. The van der Waals surface area contributed by atoms with Gasteiger partial charge in [-0.05, 0) is 37.0 Å². The Labute approximate surface area is 123 Å². The molecule has 1 aliphatic rings. The molecule has 0 radical (unpaired) electrons. The molecule has 21 heavy (non-hydrogen) atoms. The van der Waals surface area contributed by atoms with Crippen LogP contribution in [0.25, 0.3) is 0 Å². The molecule has 1 unspecified atom stereocenters. The third-order valence-electron chi connectivity index (χ3n) is 3.49. The molecule has 1 atom stereocenters. The van der Waals surface area contributed by atoms with Gasteiger partial charge in [-0.1, -0.05) is 6.92 Å². The lowest BCUT2D eigenvalue weighted by Gasteiger charge is -2.24. The third-order valence-corrected chi connectivity index (χ3v) is 5.35. The zero-order valence-corrected chi connectivity index (χ0v) is 12.7. The highest BCUT2D eigenvalue weighted by Crippen LogP contribution is 2.22. The topological polar surface area (TPSA) is 46.6 Å². The van der Waals surface area contributed by atoms with E-state index in [2.05, 4.69) is 0 Å². The number of ether oxygens (including phenoxy) is 1. The first kappa shape index (κ1) is 16.3. The molecule has 118 valence electrons. The van der Waals surface area contributed by atoms with Gasteiger partial charge in [0.15, 0.2) is 11.6 Å². The standard InChI is InChI=1S/C14H19F2NO3S/c1-2-6-17(9-11-5-7-20-10-11)21(18,19)12-3-4-13(15)14(16)8-12/h3-4,8,11H,2,5-7,9-10H2,1H3. The first-order valence-corrected chi connectivity index (χ1v) is 8.42. The lowest BCUT2D eigenvalue weighted by molar-refractivity contribution is 0.180. The number of hydrogen-bond acceptors (Lipinski definition) is 3. The van der Waals surface area contributed by atoms with E-state index in [0.717, 1.165) is 24.6 Å². The van der Waals surface area contributed by atoms with E-state index < -0.39 is 21.7 Å². The first-order valence-electron chi connectivity index (χ1n) is 6.98. The number of benzene rings is 1. The van der Waals surface area contributed by atoms with Crippen molar-refractivity contribution in [3.8, 4) is 0 Å². The minimum atomic E-state index is -3.82. The highest BCUT2D eigenvalue weighted by molar-refractivity contribution is 7.89. The predicted octanol–water partition coefficient (Wildman–Crippen LogP) is 2.40. The van der Waals surface area contributed by atoms with Crippen LogP contribution >= 0.6 is 0 Å². The SMILES string of the molecule is CCCN(CC1CCOC1)S(=O)(=O)c1ccc(F)c(F)c1. The molecular weight excluding hydrogens is 300 g/mol. The zero-order chi connectivity index (χ0) is 15.5. The molecule has 1 aliphatic heterocycles. The predicted molar refractivity (Wildman–Crippen MR) is 74.3 cm³/mol. The van der Waals surface area contributed by atoms with Crippen molar-refractivity contribution in [3.05, 3.63) is 29.8 Å². The molecule has 0 aliphatic carbocycles. The van der Waals surface area contributed by atoms with Crippen molar-refractivity contribution in [1.82, 2.24) is 4.31 Å². The lowest BCUT2D eigenvalue weighted by Crippen LogP contribution is -2.36. The van der Waals surface area contributed by atoms with Gasteiger partial charge >= 0.3 is 0 Å². The molecule has 0 bridgehead atoms. The van der Waals surface area contributed by atoms with Crippen LogP contribution < -0.4 is 0 Å². The molecule has 1 aromatic carbocycles. The highest BCUT2D eigenvalue weighted by atomic mass is 32.2. The smallest absolute Gasteiger partial charge is 0.243 e. The average Bonchev–Trinajstić information content (AvgIpc) is 2.94. The van der Waals surface area contributed by atoms with Crippen molar-refractivity contribution in [2.24, 2.45) is 5.92 Å². The Kier molecular flexibility index (Phi) is 5.29. The Morgan fingerprint density at radius 1 is 1.33 bits per heavy atom. The van der Waals surface area contributed by atoms with Gasteiger partial charge in [-0.2, -0.15) is 4.31 Å². The Balaban J connectivity index is 2.25. The van der Waals surface area contributed by atoms with Crippen LogP contribution in [-0.2, 0) is 14.8 Å². The summed E-state index contributed by atoms with van der Waals surface area (Å²) in [4.78, 5) is -0.214. The maximum Gasteiger partial charge on any atom is 0.243 e. The van der Waals surface area contributed by atoms with Gasteiger partial charge in [-0.3, -0.25) is 0 Å². The molecule has 4 nitrogen and oxygen atoms in total. The molecule has 0 N–H and O–H groups in total. The van der Waals surface area contributed by atoms with E-state index in [-0.39, 0.29) is 10.8 Å². The highest BCUT2D eigenvalue weighted by Gasteiger charge is 2.28. The summed E-state index contributed by atoms with van der Waals surface area (Å²) in [5.74, 6) is -2.06. The molecule has 7 heteroatoms. The fourth-order valence-electron chi connectivity index (χ4n) is 2.36. The van der Waals surface area contributed by atoms with Crippen molar-refractivity contribution in [1.29, 1.82) is 0 Å². The van der Waals surface area contributed by atoms with Gasteiger partial charge in [0.25, 0.3) is 0 Å². The number of hydrogen-bond donors (Lipinski definition) is 0. The van der Waals surface area contributed by atoms with Crippen molar-refractivity contribution < 1.29 is 21.9 Å². The number of halogens is 2. The lowest BCUT2D eigenvalue weighted by atomic mass is 10.1. The summed E-state index contributed by atoms with van der Waals surface area (Å²) in [5, 5.41) is 0. The van der Waals surface area contributed by atoms with E-state index in [1.807, 2.05) is 6.92 Å². The van der Waals surface area contributed by atoms with Crippen LogP contribution in [0.3, 0.4) is 0 Å². The minimum absolute atomic E-state index is 0.150. The van der Waals surface area contributed by atoms with Crippen molar-refractivity contribution in [2.45, 2.75) is 24.7 Å². The van der Waals surface area contributed by atoms with Gasteiger partial charge < -0.3 is 4.74 Å². The third kappa shape index (κ3) is 3.78. The Hall–Kier alpha value is -1.05. The molecule has 0 spiro atoms. The van der Waals surface area contributed by atoms with E-state index in [0.29, 0.717) is 32.7 Å². The molecule has 1 fully saturated rings. The van der Waals surface area contributed by atoms with Crippen LogP contribution in [0, 0.1) is 17.6 Å². The Bertz CT molecular complexity index is 586. The van der Waals surface area contributed by atoms with Crippen LogP contribution in [0.15, 0.2) is 23.1 Å². The average molecular weight is 319 g/mol. The molecule has 0 aromatic heterocycles. The van der Waals surface area contributed by atoms with Gasteiger partial charge in [-0.25, -0.2) is 17.2 Å². The summed E-state index contributed by atoms with van der Waals surface area (Å²) in [6, 6.07) is 2.67. The number of sulfonamides is 1. The van der Waals surface area contributed by atoms with Crippen LogP contribution in [0.1, 0.15) is 19.8 Å². The number of nitrogens with zero attached hydrogens (tertiary/aromatic N) is 1. The van der Waals surface area contributed by atoms with Gasteiger partial charge in [0.2, 0.25) is 10.0 Å². The quantitative estimate of drug-likeness (QED) is 0.809. The van der Waals surface area contributed by atoms with E-state index in [4.69, 9.17) is 4.74 Å². The second kappa shape index (κ2) is 6.81. The van der Waals surface area contributed by atoms with Gasteiger partial charge in [-0.15, -0.1) is 0 Å². The van der Waals surface area contributed by atoms with E-state index in [1.165, 1.54) is 4.31 Å². The molecule has 0 saturated carbocycles. The monoisotopic (exact) mass is 319 g/mol. The molecule has 1 aromatic rings. The first-order chi connectivity index (χ1) is 9.95. The van der Waals surface area contributed by atoms with E-state index in [1.54, 1.807) is 0 Å². The Morgan fingerprint density at radius 3 is 2.67 bits per heavy atom. The van der Waals surface area contributed by atoms with Crippen LogP contribution in [0.4, 0.5) is 8.78 Å². The van der Waals surface area contributed by atoms with Gasteiger partial charge in [0.05, 0.1) is 11.5 Å². The summed E-state index contributed by atoms with van der Waals surface area (Å²) >= 11 is 0. The maximum absolute atomic E-state index is 13.3. The van der Waals surface area contributed by atoms with Crippen LogP contribution in [0.2, 0.25) is 0 Å². The summed E-state index contributed by atoms with van der Waals surface area (Å²) in [7, 11) is -3.82. The van der Waals surface area contributed by atoms with Crippen molar-refractivity contribution >= 4 is 10.0 Å². The van der Waals surface area contributed by atoms with Crippen molar-refractivity contribution in [3.63, 3.8) is 0 Å². The summed E-state index contributed by atoms with van der Waals surface area (Å²) in [6.07, 6.45) is 1.46. The van der Waals surface area contributed by atoms with Crippen LogP contribution in [-0.4, -0.2) is 39.0 Å². The van der Waals surface area contributed by atoms with Crippen LogP contribution in [0.5, 0.6) is 0 Å². The summed E-state index contributed by atoms with van der Waals surface area (Å²) in [6.45, 7) is 3.73. The van der Waals surface area contributed by atoms with Gasteiger partial charge in [0.1, 0.15) is 0 Å². The Morgan fingerprint density at radius 2 is 2.10 bits per heavy atom. The largest absolute Gasteiger partial charge is 0.381 e. The molecule has 1 saturated heterocycles. The molecule has 2 rings (SSSR count). The summed E-state index contributed by atoms with van der Waals surface area (Å²) < 4.78 is 58.0. The van der Waals surface area contributed by atoms with Gasteiger partial charge in [0, 0.05) is 19.7 Å². The molecule has 0 amide bonds. The maximum atomic E-state index is 13.3. The minimum Gasteiger partial charge on any atom is -0.381 e. The molecule has 1 heterocycles.